The quantitative estimate of drug-likeness (QED) is 0.727. The second-order valence-corrected chi connectivity index (χ2v) is 4.40. The first kappa shape index (κ1) is 8.98. The van der Waals surface area contributed by atoms with Crippen molar-refractivity contribution in [1.29, 1.82) is 0 Å². The molecule has 1 atom stereocenters. The molecule has 2 aromatic rings. The summed E-state index contributed by atoms with van der Waals surface area (Å²) in [5.74, 6) is 0.678. The average molecular weight is 200 g/mol. The normalized spacial score (nSPS) is 21.3. The molecule has 78 valence electrons. The summed E-state index contributed by atoms with van der Waals surface area (Å²) in [5.41, 5.74) is 4.14. The van der Waals surface area contributed by atoms with Crippen molar-refractivity contribution >= 4 is 10.9 Å². The van der Waals surface area contributed by atoms with Crippen molar-refractivity contribution in [3.8, 4) is 0 Å². The lowest BCUT2D eigenvalue weighted by Gasteiger charge is -2.06. The maximum Gasteiger partial charge on any atom is 0.0458 e. The highest BCUT2D eigenvalue weighted by Gasteiger charge is 2.20. The van der Waals surface area contributed by atoms with E-state index in [2.05, 4.69) is 41.5 Å². The van der Waals surface area contributed by atoms with Crippen LogP contribution in [0.15, 0.2) is 24.3 Å². The third-order valence-electron chi connectivity index (χ3n) is 3.47. The Balaban J connectivity index is 2.14. The fraction of sp³-hybridized carbons (Fsp3) is 0.385. The summed E-state index contributed by atoms with van der Waals surface area (Å²) in [7, 11) is 0. The Labute approximate surface area is 89.7 Å². The minimum atomic E-state index is 0.678. The molecule has 0 spiro atoms. The molecule has 3 rings (SSSR count). The van der Waals surface area contributed by atoms with Gasteiger partial charge in [0.1, 0.15) is 0 Å². The molecule has 0 radical (unpaired) electrons. The average Bonchev–Trinajstić information content (AvgIpc) is 2.87. The van der Waals surface area contributed by atoms with Crippen LogP contribution in [-0.2, 0) is 0 Å². The monoisotopic (exact) mass is 200 g/mol. The predicted octanol–water partition coefficient (Wildman–Crippen LogP) is 2.55. The van der Waals surface area contributed by atoms with Crippen molar-refractivity contribution in [2.24, 2.45) is 0 Å². The highest BCUT2D eigenvalue weighted by molar-refractivity contribution is 5.84. The Kier molecular flexibility index (Phi) is 2.03. The summed E-state index contributed by atoms with van der Waals surface area (Å²) >= 11 is 0. The van der Waals surface area contributed by atoms with Crippen molar-refractivity contribution in [2.75, 3.05) is 13.1 Å². The number of fused-ring (bicyclic) bond motifs is 1. The van der Waals surface area contributed by atoms with Gasteiger partial charge in [0.15, 0.2) is 0 Å². The van der Waals surface area contributed by atoms with E-state index in [9.17, 15) is 0 Å². The second-order valence-electron chi connectivity index (χ2n) is 4.40. The van der Waals surface area contributed by atoms with E-state index in [1.807, 2.05) is 0 Å². The summed E-state index contributed by atoms with van der Waals surface area (Å²) in [5, 5.41) is 4.80. The summed E-state index contributed by atoms with van der Waals surface area (Å²) in [6, 6.07) is 8.57. The van der Waals surface area contributed by atoms with Crippen LogP contribution in [0.3, 0.4) is 0 Å². The highest BCUT2D eigenvalue weighted by Crippen LogP contribution is 2.29. The molecule has 2 N–H and O–H groups in total. The summed E-state index contributed by atoms with van der Waals surface area (Å²) < 4.78 is 0. The predicted molar refractivity (Wildman–Crippen MR) is 63.3 cm³/mol. The first-order valence-electron chi connectivity index (χ1n) is 5.64. The molecular formula is C13H16N2. The van der Waals surface area contributed by atoms with Crippen LogP contribution in [0, 0.1) is 6.92 Å². The number of aromatic nitrogens is 1. The second kappa shape index (κ2) is 3.38. The maximum atomic E-state index is 3.57. The molecule has 1 aliphatic rings. The molecule has 0 saturated carbocycles. The first-order chi connectivity index (χ1) is 7.36. The van der Waals surface area contributed by atoms with Gasteiger partial charge in [-0.05, 0) is 31.5 Å². The van der Waals surface area contributed by atoms with Gasteiger partial charge in [0.05, 0.1) is 0 Å². The lowest BCUT2D eigenvalue weighted by Crippen LogP contribution is -2.08. The van der Waals surface area contributed by atoms with Gasteiger partial charge >= 0.3 is 0 Å². The van der Waals surface area contributed by atoms with Crippen molar-refractivity contribution in [1.82, 2.24) is 10.3 Å². The smallest absolute Gasteiger partial charge is 0.0458 e. The largest absolute Gasteiger partial charge is 0.358 e. The van der Waals surface area contributed by atoms with Crippen molar-refractivity contribution in [3.05, 3.63) is 35.5 Å². The molecular weight excluding hydrogens is 184 g/mol. The van der Waals surface area contributed by atoms with Crippen LogP contribution in [0.5, 0.6) is 0 Å². The highest BCUT2D eigenvalue weighted by atomic mass is 14.9. The van der Waals surface area contributed by atoms with Gasteiger partial charge in [-0.2, -0.15) is 0 Å². The fourth-order valence-electron chi connectivity index (χ4n) is 2.61. The van der Waals surface area contributed by atoms with Crippen LogP contribution >= 0.6 is 0 Å². The molecule has 0 bridgehead atoms. The number of hydrogen-bond donors (Lipinski definition) is 2. The van der Waals surface area contributed by atoms with Gasteiger partial charge in [-0.15, -0.1) is 0 Å². The van der Waals surface area contributed by atoms with Crippen LogP contribution in [0.25, 0.3) is 10.9 Å². The Morgan fingerprint density at radius 3 is 2.87 bits per heavy atom. The molecule has 1 unspecified atom stereocenters. The van der Waals surface area contributed by atoms with Gasteiger partial charge in [0.25, 0.3) is 0 Å². The Morgan fingerprint density at radius 2 is 2.13 bits per heavy atom. The Hall–Kier alpha value is -1.28. The molecule has 15 heavy (non-hydrogen) atoms. The van der Waals surface area contributed by atoms with Gasteiger partial charge in [0.2, 0.25) is 0 Å². The van der Waals surface area contributed by atoms with Gasteiger partial charge in [-0.1, -0.05) is 18.2 Å². The molecule has 1 aromatic carbocycles. The third kappa shape index (κ3) is 1.37. The SMILES string of the molecule is Cc1c(C2CCNC2)[nH]c2ccccc12. The number of rotatable bonds is 1. The van der Waals surface area contributed by atoms with Crippen LogP contribution in [0.1, 0.15) is 23.6 Å². The number of para-hydroxylation sites is 1. The van der Waals surface area contributed by atoms with Gasteiger partial charge < -0.3 is 10.3 Å². The number of nitrogens with one attached hydrogen (secondary N) is 2. The first-order valence-corrected chi connectivity index (χ1v) is 5.64. The molecule has 0 amide bonds. The van der Waals surface area contributed by atoms with E-state index >= 15 is 0 Å². The van der Waals surface area contributed by atoms with Crippen LogP contribution < -0.4 is 5.32 Å². The molecule has 1 aliphatic heterocycles. The standard InChI is InChI=1S/C13H16N2/c1-9-11-4-2-3-5-12(11)15-13(9)10-6-7-14-8-10/h2-5,10,14-15H,6-8H2,1H3. The zero-order valence-corrected chi connectivity index (χ0v) is 9.01. The maximum absolute atomic E-state index is 3.57. The van der Waals surface area contributed by atoms with E-state index in [0.717, 1.165) is 13.1 Å². The van der Waals surface area contributed by atoms with Gasteiger partial charge in [-0.3, -0.25) is 0 Å². The summed E-state index contributed by atoms with van der Waals surface area (Å²) in [4.78, 5) is 3.57. The van der Waals surface area contributed by atoms with Gasteiger partial charge in [-0.25, -0.2) is 0 Å². The van der Waals surface area contributed by atoms with Gasteiger partial charge in [0, 0.05) is 29.1 Å². The van der Waals surface area contributed by atoms with Crippen LogP contribution in [-0.4, -0.2) is 18.1 Å². The van der Waals surface area contributed by atoms with E-state index in [0.29, 0.717) is 5.92 Å². The number of H-pyrrole nitrogens is 1. The molecule has 1 saturated heterocycles. The summed E-state index contributed by atoms with van der Waals surface area (Å²) in [6.45, 7) is 4.50. The molecule has 1 fully saturated rings. The number of benzene rings is 1. The topological polar surface area (TPSA) is 27.8 Å². The lowest BCUT2D eigenvalue weighted by atomic mass is 10.0. The van der Waals surface area contributed by atoms with Crippen LogP contribution in [0.4, 0.5) is 0 Å². The number of hydrogen-bond acceptors (Lipinski definition) is 1. The van der Waals surface area contributed by atoms with E-state index < -0.39 is 0 Å². The zero-order valence-electron chi connectivity index (χ0n) is 9.01. The minimum absolute atomic E-state index is 0.678. The van der Waals surface area contributed by atoms with E-state index in [1.165, 1.54) is 28.6 Å². The molecule has 2 nitrogen and oxygen atoms in total. The Bertz CT molecular complexity index is 478. The van der Waals surface area contributed by atoms with Crippen molar-refractivity contribution < 1.29 is 0 Å². The zero-order chi connectivity index (χ0) is 10.3. The lowest BCUT2D eigenvalue weighted by molar-refractivity contribution is 0.738. The van der Waals surface area contributed by atoms with Crippen molar-refractivity contribution in [3.63, 3.8) is 0 Å². The molecule has 1 aromatic heterocycles. The molecule has 2 heterocycles. The fourth-order valence-corrected chi connectivity index (χ4v) is 2.61. The van der Waals surface area contributed by atoms with Crippen LogP contribution in [0.2, 0.25) is 0 Å². The van der Waals surface area contributed by atoms with E-state index in [-0.39, 0.29) is 0 Å². The number of aryl methyl sites for hydroxylation is 1. The van der Waals surface area contributed by atoms with Crippen molar-refractivity contribution in [2.45, 2.75) is 19.3 Å². The number of aromatic amines is 1. The molecule has 0 aliphatic carbocycles. The molecule has 2 heteroatoms. The Morgan fingerprint density at radius 1 is 1.27 bits per heavy atom. The van der Waals surface area contributed by atoms with E-state index in [1.54, 1.807) is 0 Å². The third-order valence-corrected chi connectivity index (χ3v) is 3.47. The minimum Gasteiger partial charge on any atom is -0.358 e. The summed E-state index contributed by atoms with van der Waals surface area (Å²) in [6.07, 6.45) is 1.26. The van der Waals surface area contributed by atoms with E-state index in [4.69, 9.17) is 0 Å².